The van der Waals surface area contributed by atoms with Gasteiger partial charge in [-0.2, -0.15) is 4.98 Å². The van der Waals surface area contributed by atoms with E-state index in [4.69, 9.17) is 5.73 Å². The molecule has 0 amide bonds. The van der Waals surface area contributed by atoms with Crippen LogP contribution < -0.4 is 22.1 Å². The molecule has 0 aliphatic carbocycles. The van der Waals surface area contributed by atoms with Crippen molar-refractivity contribution in [2.24, 2.45) is 9.98 Å². The number of fused-ring (bicyclic) bond motifs is 1. The Morgan fingerprint density at radius 3 is 3.08 bits per heavy atom. The molecule has 6 nitrogen and oxygen atoms in total. The van der Waals surface area contributed by atoms with Crippen LogP contribution in [0.3, 0.4) is 0 Å². The quantitative estimate of drug-likeness (QED) is 0.485. The van der Waals surface area contributed by atoms with Crippen molar-refractivity contribution in [3.05, 3.63) is 33.5 Å². The molecule has 0 unspecified atom stereocenters. The summed E-state index contributed by atoms with van der Waals surface area (Å²) in [5, 5.41) is 0.186. The van der Waals surface area contributed by atoms with Crippen molar-refractivity contribution >= 4 is 5.95 Å². The van der Waals surface area contributed by atoms with Crippen molar-refractivity contribution < 1.29 is 0 Å². The van der Waals surface area contributed by atoms with Gasteiger partial charge in [0.1, 0.15) is 0 Å². The summed E-state index contributed by atoms with van der Waals surface area (Å²) >= 11 is 0. The topological polar surface area (TPSA) is 96.5 Å². The largest absolute Gasteiger partial charge is 0.369 e. The number of nitrogens with one attached hydrogen (secondary N) is 1. The molecule has 1 aromatic rings. The summed E-state index contributed by atoms with van der Waals surface area (Å²) in [6.07, 6.45) is 0. The molecule has 66 valence electrons. The van der Waals surface area contributed by atoms with E-state index in [-0.39, 0.29) is 22.4 Å². The lowest BCUT2D eigenvalue weighted by molar-refractivity contribution is 0.882. The summed E-state index contributed by atoms with van der Waals surface area (Å²) < 4.78 is 0. The molecule has 2 rings (SSSR count). The van der Waals surface area contributed by atoms with Crippen LogP contribution in [0.5, 0.6) is 0 Å². The first-order chi connectivity index (χ1) is 6.16. The van der Waals surface area contributed by atoms with Gasteiger partial charge in [0.15, 0.2) is 10.8 Å². The second kappa shape index (κ2) is 2.51. The monoisotopic (exact) mass is 177 g/mol. The number of hydrogen-bond donors (Lipinski definition) is 2. The molecule has 0 aromatic carbocycles. The minimum absolute atomic E-state index is 0.0511. The number of hydrogen-bond acceptors (Lipinski definition) is 5. The van der Waals surface area contributed by atoms with E-state index in [1.165, 1.54) is 0 Å². The Morgan fingerprint density at radius 1 is 1.54 bits per heavy atom. The van der Waals surface area contributed by atoms with Crippen LogP contribution >= 0.6 is 0 Å². The fraction of sp³-hybridized carbons (Fsp3) is 0.143. The molecular weight excluding hydrogens is 170 g/mol. The van der Waals surface area contributed by atoms with Crippen LogP contribution in [-0.2, 0) is 0 Å². The highest BCUT2D eigenvalue weighted by Crippen LogP contribution is 1.91. The molecular formula is C7H7N5O. The molecule has 1 aromatic heterocycles. The summed E-state index contributed by atoms with van der Waals surface area (Å²) in [7, 11) is 0. The lowest BCUT2D eigenvalue weighted by Gasteiger charge is -2.00. The van der Waals surface area contributed by atoms with Gasteiger partial charge in [-0.05, 0) is 0 Å². The highest BCUT2D eigenvalue weighted by Gasteiger charge is 2.04. The van der Waals surface area contributed by atoms with Crippen LogP contribution in [0.25, 0.3) is 0 Å². The number of aromatic nitrogens is 2. The van der Waals surface area contributed by atoms with Gasteiger partial charge in [0.25, 0.3) is 5.56 Å². The number of rotatable bonds is 0. The number of anilines is 1. The van der Waals surface area contributed by atoms with Crippen molar-refractivity contribution in [1.82, 2.24) is 9.97 Å². The molecule has 13 heavy (non-hydrogen) atoms. The number of H-pyrrole nitrogens is 1. The summed E-state index contributed by atoms with van der Waals surface area (Å²) in [6.45, 7) is 3.97. The molecule has 0 fully saturated rings. The first-order valence-electron chi connectivity index (χ1n) is 3.63. The lowest BCUT2D eigenvalue weighted by atomic mass is 10.4. The first-order valence-corrected chi connectivity index (χ1v) is 3.63. The minimum Gasteiger partial charge on any atom is -0.369 e. The highest BCUT2D eigenvalue weighted by molar-refractivity contribution is 5.13. The van der Waals surface area contributed by atoms with Crippen molar-refractivity contribution in [3.8, 4) is 0 Å². The van der Waals surface area contributed by atoms with Crippen molar-refractivity contribution in [1.29, 1.82) is 0 Å². The normalized spacial score (nSPS) is 14.3. The van der Waals surface area contributed by atoms with Gasteiger partial charge in [0.05, 0.1) is 12.2 Å². The van der Waals surface area contributed by atoms with Gasteiger partial charge in [-0.25, -0.2) is 4.99 Å². The fourth-order valence-electron chi connectivity index (χ4n) is 1.04. The second-order valence-electron chi connectivity index (χ2n) is 2.62. The summed E-state index contributed by atoms with van der Waals surface area (Å²) in [6, 6.07) is 0. The SMILES string of the molecule is C=C1CN=c2nc(N)[nH]c(=O)c2=N1. The fourth-order valence-corrected chi connectivity index (χ4v) is 1.04. The second-order valence-corrected chi connectivity index (χ2v) is 2.62. The third kappa shape index (κ3) is 1.22. The minimum atomic E-state index is -0.382. The first kappa shape index (κ1) is 7.66. The van der Waals surface area contributed by atoms with E-state index >= 15 is 0 Å². The maximum absolute atomic E-state index is 11.3. The highest BCUT2D eigenvalue weighted by atomic mass is 16.1. The number of nitrogens with two attached hydrogens (primary N) is 1. The van der Waals surface area contributed by atoms with Crippen LogP contribution in [-0.4, -0.2) is 16.5 Å². The molecule has 0 radical (unpaired) electrons. The Hall–Kier alpha value is -1.98. The van der Waals surface area contributed by atoms with Crippen LogP contribution in [0.2, 0.25) is 0 Å². The van der Waals surface area contributed by atoms with E-state index in [9.17, 15) is 4.79 Å². The molecule has 0 saturated heterocycles. The third-order valence-electron chi connectivity index (χ3n) is 1.58. The van der Waals surface area contributed by atoms with Crippen LogP contribution in [0.15, 0.2) is 27.1 Å². The maximum atomic E-state index is 11.3. The van der Waals surface area contributed by atoms with Gasteiger partial charge in [-0.15, -0.1) is 0 Å². The smallest absolute Gasteiger partial charge is 0.280 e. The van der Waals surface area contributed by atoms with E-state index in [2.05, 4.69) is 26.5 Å². The van der Waals surface area contributed by atoms with Crippen molar-refractivity contribution in [2.45, 2.75) is 0 Å². The zero-order valence-corrected chi connectivity index (χ0v) is 6.74. The Labute approximate surface area is 72.6 Å². The molecule has 3 N–H and O–H groups in total. The Balaban J connectivity index is 2.96. The van der Waals surface area contributed by atoms with E-state index in [1.807, 2.05) is 0 Å². The van der Waals surface area contributed by atoms with Gasteiger partial charge in [-0.1, -0.05) is 6.58 Å². The van der Waals surface area contributed by atoms with E-state index in [0.717, 1.165) is 0 Å². The molecule has 0 spiro atoms. The third-order valence-corrected chi connectivity index (χ3v) is 1.58. The van der Waals surface area contributed by atoms with Gasteiger partial charge in [0, 0.05) is 0 Å². The lowest BCUT2D eigenvalue weighted by Crippen LogP contribution is -2.45. The predicted molar refractivity (Wildman–Crippen MR) is 45.6 cm³/mol. The number of aromatic amines is 1. The summed E-state index contributed by atoms with van der Waals surface area (Å²) in [5.74, 6) is 0.0511. The van der Waals surface area contributed by atoms with Gasteiger partial charge in [0.2, 0.25) is 5.95 Å². The van der Waals surface area contributed by atoms with Crippen molar-refractivity contribution in [3.63, 3.8) is 0 Å². The zero-order valence-electron chi connectivity index (χ0n) is 6.74. The zero-order chi connectivity index (χ0) is 9.42. The maximum Gasteiger partial charge on any atom is 0.280 e. The van der Waals surface area contributed by atoms with Crippen LogP contribution in [0, 0.1) is 0 Å². The average molecular weight is 177 g/mol. The average Bonchev–Trinajstić information content (AvgIpc) is 2.06. The molecule has 2 heterocycles. The van der Waals surface area contributed by atoms with E-state index < -0.39 is 0 Å². The standard InChI is InChI=1S/C7H7N5O/c1-3-2-9-5-4(10-3)6(13)12-7(8)11-5/h1-2H2,(H3,8,9,11,12,13). The Bertz CT molecular complexity index is 541. The number of nitrogens with zero attached hydrogens (tertiary/aromatic N) is 3. The Morgan fingerprint density at radius 2 is 2.31 bits per heavy atom. The summed E-state index contributed by atoms with van der Waals surface area (Å²) in [5.41, 5.74) is 5.78. The molecule has 6 heteroatoms. The van der Waals surface area contributed by atoms with E-state index in [1.54, 1.807) is 0 Å². The molecule has 0 bridgehead atoms. The van der Waals surface area contributed by atoms with Crippen molar-refractivity contribution in [2.75, 3.05) is 12.3 Å². The molecule has 1 aliphatic rings. The van der Waals surface area contributed by atoms with Crippen LogP contribution in [0.1, 0.15) is 0 Å². The molecule has 0 atom stereocenters. The number of nitrogen functional groups attached to an aromatic ring is 1. The van der Waals surface area contributed by atoms with Gasteiger partial charge < -0.3 is 5.73 Å². The van der Waals surface area contributed by atoms with E-state index in [0.29, 0.717) is 12.2 Å². The molecule has 0 saturated carbocycles. The molecule has 1 aliphatic heterocycles. The van der Waals surface area contributed by atoms with Gasteiger partial charge in [-0.3, -0.25) is 14.8 Å². The summed E-state index contributed by atoms with van der Waals surface area (Å²) in [4.78, 5) is 25.4. The predicted octanol–water partition coefficient (Wildman–Crippen LogP) is -1.88. The Kier molecular flexibility index (Phi) is 1.48. The van der Waals surface area contributed by atoms with Gasteiger partial charge >= 0.3 is 0 Å². The van der Waals surface area contributed by atoms with Crippen LogP contribution in [0.4, 0.5) is 5.95 Å².